The number of benzene rings is 1. The van der Waals surface area contributed by atoms with E-state index in [1.165, 1.54) is 19.3 Å². The van der Waals surface area contributed by atoms with Crippen LogP contribution < -0.4 is 0 Å². The van der Waals surface area contributed by atoms with Gasteiger partial charge in [-0.25, -0.2) is 0 Å². The van der Waals surface area contributed by atoms with Gasteiger partial charge < -0.3 is 0 Å². The quantitative estimate of drug-likeness (QED) is 0.858. The van der Waals surface area contributed by atoms with Crippen molar-refractivity contribution in [3.63, 3.8) is 0 Å². The topological polar surface area (TPSA) is 34.9 Å². The zero-order valence-electron chi connectivity index (χ0n) is 10.8. The lowest BCUT2D eigenvalue weighted by molar-refractivity contribution is -0.124. The number of hydrogen-bond acceptors (Lipinski definition) is 2. The minimum atomic E-state index is 0.254. The molecule has 0 N–H and O–H groups in total. The molecule has 1 aromatic carbocycles. The molecule has 2 aromatic rings. The van der Waals surface area contributed by atoms with Crippen LogP contribution >= 0.6 is 15.9 Å². The standard InChI is InChI=1S/C15H17BrN2O/c16-13-7-4-8-14-12(13)9-18(17-14)10-15(19)11-5-2-1-3-6-11/h4,7-9,11H,1-3,5-6,10H2. The molecule has 0 bridgehead atoms. The summed E-state index contributed by atoms with van der Waals surface area (Å²) in [5.74, 6) is 0.591. The molecule has 0 amide bonds. The van der Waals surface area contributed by atoms with E-state index < -0.39 is 0 Å². The number of ketones is 1. The van der Waals surface area contributed by atoms with Crippen LogP contribution in [-0.4, -0.2) is 15.6 Å². The Morgan fingerprint density at radius 3 is 2.84 bits per heavy atom. The number of carbonyl (C=O) groups is 1. The molecule has 19 heavy (non-hydrogen) atoms. The second-order valence-corrected chi connectivity index (χ2v) is 6.15. The molecule has 1 saturated carbocycles. The molecule has 1 aromatic heterocycles. The van der Waals surface area contributed by atoms with Crippen molar-refractivity contribution in [1.82, 2.24) is 9.78 Å². The van der Waals surface area contributed by atoms with Gasteiger partial charge in [-0.3, -0.25) is 9.48 Å². The molecule has 0 unspecified atom stereocenters. The molecule has 1 aliphatic carbocycles. The van der Waals surface area contributed by atoms with Crippen molar-refractivity contribution in [3.8, 4) is 0 Å². The Balaban J connectivity index is 1.77. The van der Waals surface area contributed by atoms with Crippen LogP contribution in [0.2, 0.25) is 0 Å². The first-order valence-corrected chi connectivity index (χ1v) is 7.68. The molecule has 1 aliphatic rings. The average molecular weight is 321 g/mol. The molecule has 1 fully saturated rings. The second kappa shape index (κ2) is 5.45. The van der Waals surface area contributed by atoms with Gasteiger partial charge in [0.2, 0.25) is 0 Å². The van der Waals surface area contributed by atoms with Crippen LogP contribution in [0.1, 0.15) is 32.1 Å². The highest BCUT2D eigenvalue weighted by atomic mass is 79.9. The Labute approximate surface area is 121 Å². The van der Waals surface area contributed by atoms with Crippen LogP contribution in [0.3, 0.4) is 0 Å². The highest BCUT2D eigenvalue weighted by Crippen LogP contribution is 2.26. The lowest BCUT2D eigenvalue weighted by atomic mass is 9.86. The van der Waals surface area contributed by atoms with Gasteiger partial charge in [0.05, 0.1) is 12.1 Å². The maximum atomic E-state index is 12.3. The molecule has 0 atom stereocenters. The Morgan fingerprint density at radius 1 is 1.32 bits per heavy atom. The first kappa shape index (κ1) is 12.9. The summed E-state index contributed by atoms with van der Waals surface area (Å²) in [6.45, 7) is 0.409. The van der Waals surface area contributed by atoms with Crippen molar-refractivity contribution in [2.45, 2.75) is 38.6 Å². The predicted molar refractivity (Wildman–Crippen MR) is 79.0 cm³/mol. The number of Topliss-reactive ketones (excluding diaryl/α,β-unsaturated/α-hetero) is 1. The maximum Gasteiger partial charge on any atom is 0.157 e. The van der Waals surface area contributed by atoms with E-state index in [4.69, 9.17) is 0 Å². The predicted octanol–water partition coefficient (Wildman–Crippen LogP) is 3.95. The van der Waals surface area contributed by atoms with Gasteiger partial charge in [0, 0.05) is 22.0 Å². The zero-order valence-corrected chi connectivity index (χ0v) is 12.4. The van der Waals surface area contributed by atoms with Crippen molar-refractivity contribution < 1.29 is 4.79 Å². The largest absolute Gasteiger partial charge is 0.297 e. The summed E-state index contributed by atoms with van der Waals surface area (Å²) in [4.78, 5) is 12.3. The minimum Gasteiger partial charge on any atom is -0.297 e. The Kier molecular flexibility index (Phi) is 3.69. The molecular weight excluding hydrogens is 304 g/mol. The average Bonchev–Trinajstić information content (AvgIpc) is 2.84. The summed E-state index contributed by atoms with van der Waals surface area (Å²) < 4.78 is 2.81. The van der Waals surface area contributed by atoms with E-state index in [1.54, 1.807) is 4.68 Å². The Morgan fingerprint density at radius 2 is 2.11 bits per heavy atom. The van der Waals surface area contributed by atoms with Gasteiger partial charge in [0.1, 0.15) is 0 Å². The van der Waals surface area contributed by atoms with Crippen molar-refractivity contribution in [1.29, 1.82) is 0 Å². The molecule has 3 rings (SSSR count). The van der Waals surface area contributed by atoms with Gasteiger partial charge in [0.25, 0.3) is 0 Å². The van der Waals surface area contributed by atoms with Crippen molar-refractivity contribution >= 4 is 32.6 Å². The van der Waals surface area contributed by atoms with Crippen LogP contribution in [0.5, 0.6) is 0 Å². The molecule has 4 heteroatoms. The molecule has 0 saturated heterocycles. The van der Waals surface area contributed by atoms with Crippen LogP contribution in [0, 0.1) is 5.92 Å². The number of halogens is 1. The summed E-state index contributed by atoms with van der Waals surface area (Å²) in [6, 6.07) is 5.94. The van der Waals surface area contributed by atoms with E-state index in [2.05, 4.69) is 21.0 Å². The van der Waals surface area contributed by atoms with Gasteiger partial charge in [-0.1, -0.05) is 41.3 Å². The van der Waals surface area contributed by atoms with Crippen molar-refractivity contribution in [2.75, 3.05) is 0 Å². The minimum absolute atomic E-state index is 0.254. The van der Waals surface area contributed by atoms with E-state index >= 15 is 0 Å². The second-order valence-electron chi connectivity index (χ2n) is 5.30. The summed E-state index contributed by atoms with van der Waals surface area (Å²) in [6.07, 6.45) is 7.75. The smallest absolute Gasteiger partial charge is 0.157 e. The SMILES string of the molecule is O=C(Cn1cc2c(Br)cccc2n1)C1CCCCC1. The molecule has 3 nitrogen and oxygen atoms in total. The highest BCUT2D eigenvalue weighted by Gasteiger charge is 2.21. The third-order valence-electron chi connectivity index (χ3n) is 3.92. The number of hydrogen-bond donors (Lipinski definition) is 0. The number of carbonyl (C=O) groups excluding carboxylic acids is 1. The summed E-state index contributed by atoms with van der Waals surface area (Å²) in [7, 11) is 0. The summed E-state index contributed by atoms with van der Waals surface area (Å²) >= 11 is 3.51. The van der Waals surface area contributed by atoms with E-state index in [1.807, 2.05) is 24.4 Å². The lowest BCUT2D eigenvalue weighted by Crippen LogP contribution is -2.22. The van der Waals surface area contributed by atoms with Crippen LogP contribution in [0.25, 0.3) is 10.9 Å². The van der Waals surface area contributed by atoms with Gasteiger partial charge in [-0.15, -0.1) is 0 Å². The Bertz CT molecular complexity index is 599. The fourth-order valence-electron chi connectivity index (χ4n) is 2.85. The maximum absolute atomic E-state index is 12.3. The fraction of sp³-hybridized carbons (Fsp3) is 0.467. The molecular formula is C15H17BrN2O. The molecule has 100 valence electrons. The number of fused-ring (bicyclic) bond motifs is 1. The lowest BCUT2D eigenvalue weighted by Gasteiger charge is -2.19. The zero-order chi connectivity index (χ0) is 13.2. The number of nitrogens with zero attached hydrogens (tertiary/aromatic N) is 2. The van der Waals surface area contributed by atoms with Crippen molar-refractivity contribution in [3.05, 3.63) is 28.9 Å². The molecule has 0 radical (unpaired) electrons. The van der Waals surface area contributed by atoms with Crippen LogP contribution in [-0.2, 0) is 11.3 Å². The van der Waals surface area contributed by atoms with E-state index in [9.17, 15) is 4.79 Å². The van der Waals surface area contributed by atoms with E-state index in [0.717, 1.165) is 28.2 Å². The molecule has 1 heterocycles. The van der Waals surface area contributed by atoms with Crippen LogP contribution in [0.15, 0.2) is 28.9 Å². The fourth-order valence-corrected chi connectivity index (χ4v) is 3.31. The highest BCUT2D eigenvalue weighted by molar-refractivity contribution is 9.10. The first-order valence-electron chi connectivity index (χ1n) is 6.88. The summed E-state index contributed by atoms with van der Waals surface area (Å²) in [5, 5.41) is 5.54. The third-order valence-corrected chi connectivity index (χ3v) is 4.61. The molecule has 0 aliphatic heterocycles. The molecule has 0 spiro atoms. The van der Waals surface area contributed by atoms with Crippen LogP contribution in [0.4, 0.5) is 0 Å². The van der Waals surface area contributed by atoms with Gasteiger partial charge >= 0.3 is 0 Å². The number of aromatic nitrogens is 2. The normalized spacial score (nSPS) is 16.9. The van der Waals surface area contributed by atoms with E-state index in [0.29, 0.717) is 12.3 Å². The van der Waals surface area contributed by atoms with Gasteiger partial charge in [0.15, 0.2) is 5.78 Å². The van der Waals surface area contributed by atoms with Crippen molar-refractivity contribution in [2.24, 2.45) is 5.92 Å². The monoisotopic (exact) mass is 320 g/mol. The summed E-state index contributed by atoms with van der Waals surface area (Å²) in [5.41, 5.74) is 0.936. The van der Waals surface area contributed by atoms with Gasteiger partial charge in [-0.2, -0.15) is 5.10 Å². The van der Waals surface area contributed by atoms with E-state index in [-0.39, 0.29) is 5.92 Å². The third kappa shape index (κ3) is 2.73. The first-order chi connectivity index (χ1) is 9.24. The Hall–Kier alpha value is -1.16. The number of rotatable bonds is 3. The van der Waals surface area contributed by atoms with Gasteiger partial charge in [-0.05, 0) is 25.0 Å².